The summed E-state index contributed by atoms with van der Waals surface area (Å²) in [6.07, 6.45) is -3.82. The second kappa shape index (κ2) is 13.2. The average molecular weight is 652 g/mol. The van der Waals surface area contributed by atoms with Crippen LogP contribution in [0.3, 0.4) is 0 Å². The third-order valence-electron chi connectivity index (χ3n) is 7.22. The number of rotatable bonds is 12. The number of carbonyl (C=O) groups excluding carboxylic acids is 1. The highest BCUT2D eigenvalue weighted by molar-refractivity contribution is 7.52. The van der Waals surface area contributed by atoms with Crippen LogP contribution in [0.15, 0.2) is 79.1 Å². The fourth-order valence-electron chi connectivity index (χ4n) is 4.85. The van der Waals surface area contributed by atoms with E-state index in [2.05, 4.69) is 15.2 Å². The summed E-state index contributed by atoms with van der Waals surface area (Å²) in [6, 6.07) is 18.4. The third kappa shape index (κ3) is 6.42. The van der Waals surface area contributed by atoms with Crippen LogP contribution in [-0.2, 0) is 33.8 Å². The summed E-state index contributed by atoms with van der Waals surface area (Å²) in [7, 11) is -4.49. The first-order valence-electron chi connectivity index (χ1n) is 13.8. The van der Waals surface area contributed by atoms with Crippen molar-refractivity contribution in [1.29, 1.82) is 5.26 Å². The summed E-state index contributed by atoms with van der Waals surface area (Å²) in [4.78, 5) is 28.8. The zero-order chi connectivity index (χ0) is 33.1. The number of nitriles is 1. The summed E-state index contributed by atoms with van der Waals surface area (Å²) in [5.41, 5.74) is 10.6. The number of benzene rings is 2. The van der Waals surface area contributed by atoms with E-state index in [-0.39, 0.29) is 17.3 Å². The minimum atomic E-state index is -4.49. The molecule has 1 fully saturated rings. The molecule has 2 aromatic carbocycles. The van der Waals surface area contributed by atoms with Gasteiger partial charge in [0.1, 0.15) is 48.0 Å². The van der Waals surface area contributed by atoms with Gasteiger partial charge in [-0.1, -0.05) is 48.5 Å². The van der Waals surface area contributed by atoms with Crippen molar-refractivity contribution in [2.24, 2.45) is 5.73 Å². The molecular weight excluding hydrogens is 621 g/mol. The molecule has 0 radical (unpaired) electrons. The first-order chi connectivity index (χ1) is 22.0. The van der Waals surface area contributed by atoms with E-state index >= 15 is 0 Å². The van der Waals surface area contributed by atoms with Gasteiger partial charge in [-0.3, -0.25) is 9.32 Å². The molecule has 7 N–H and O–H groups in total. The van der Waals surface area contributed by atoms with Gasteiger partial charge in [-0.2, -0.15) is 15.4 Å². The molecule has 16 nitrogen and oxygen atoms in total. The van der Waals surface area contributed by atoms with Gasteiger partial charge in [-0.25, -0.2) is 18.9 Å². The number of fused-ring (bicyclic) bond motifs is 1. The number of carboxylic acid groups (broad SMARTS) is 1. The van der Waals surface area contributed by atoms with E-state index in [0.29, 0.717) is 11.1 Å². The molecule has 3 heterocycles. The number of esters is 1. The average Bonchev–Trinajstić information content (AvgIpc) is 3.61. The molecule has 7 atom stereocenters. The number of hydrogen-bond acceptors (Lipinski definition) is 13. The third-order valence-corrected chi connectivity index (χ3v) is 8.87. The Kier molecular flexibility index (Phi) is 9.35. The smallest absolute Gasteiger partial charge is 0.459 e. The number of carboxylic acids is 1. The molecule has 0 aliphatic carbocycles. The van der Waals surface area contributed by atoms with Crippen LogP contribution in [0.1, 0.15) is 24.2 Å². The first kappa shape index (κ1) is 32.5. The Morgan fingerprint density at radius 1 is 1.17 bits per heavy atom. The summed E-state index contributed by atoms with van der Waals surface area (Å²) < 4.78 is 38.1. The number of nitrogens with two attached hydrogens (primary N) is 2. The van der Waals surface area contributed by atoms with Crippen LogP contribution in [0.5, 0.6) is 5.75 Å². The maximum absolute atomic E-state index is 13.9. The van der Waals surface area contributed by atoms with Crippen molar-refractivity contribution in [1.82, 2.24) is 19.7 Å². The minimum absolute atomic E-state index is 0.0175. The van der Waals surface area contributed by atoms with Crippen molar-refractivity contribution in [2.75, 3.05) is 12.3 Å². The number of aliphatic hydroxyl groups excluding tert-OH is 1. The molecule has 46 heavy (non-hydrogen) atoms. The van der Waals surface area contributed by atoms with Crippen LogP contribution in [-0.4, -0.2) is 67.7 Å². The van der Waals surface area contributed by atoms with Crippen LogP contribution in [0.25, 0.3) is 5.52 Å². The van der Waals surface area contributed by atoms with E-state index in [0.717, 1.165) is 6.33 Å². The van der Waals surface area contributed by atoms with Crippen molar-refractivity contribution >= 4 is 31.0 Å². The van der Waals surface area contributed by atoms with Gasteiger partial charge in [0.05, 0.1) is 12.3 Å². The van der Waals surface area contributed by atoms with Gasteiger partial charge in [0, 0.05) is 0 Å². The fraction of sp³-hybridized carbons (Fsp3) is 0.276. The van der Waals surface area contributed by atoms with E-state index < -0.39 is 62.3 Å². The Morgan fingerprint density at radius 3 is 2.50 bits per heavy atom. The maximum atomic E-state index is 13.9. The van der Waals surface area contributed by atoms with Crippen molar-refractivity contribution in [3.8, 4) is 11.8 Å². The molecule has 0 amide bonds. The predicted octanol–water partition coefficient (Wildman–Crippen LogP) is 1.67. The zero-order valence-corrected chi connectivity index (χ0v) is 25.1. The minimum Gasteiger partial charge on any atom is -0.480 e. The number of anilines is 1. The van der Waals surface area contributed by atoms with Crippen LogP contribution >= 0.6 is 7.75 Å². The van der Waals surface area contributed by atoms with E-state index in [9.17, 15) is 29.6 Å². The number of carbonyl (C=O) groups is 2. The zero-order valence-electron chi connectivity index (χ0n) is 24.2. The number of nitrogens with zero attached hydrogens (tertiary/aromatic N) is 4. The summed E-state index contributed by atoms with van der Waals surface area (Å²) >= 11 is 0. The lowest BCUT2D eigenvalue weighted by molar-refractivity contribution is -0.158. The van der Waals surface area contributed by atoms with Crippen molar-refractivity contribution in [2.45, 2.75) is 42.9 Å². The van der Waals surface area contributed by atoms with Gasteiger partial charge in [-0.05, 0) is 36.8 Å². The van der Waals surface area contributed by atoms with Crippen molar-refractivity contribution in [3.63, 3.8) is 0 Å². The second-order valence-electron chi connectivity index (χ2n) is 10.3. The van der Waals surface area contributed by atoms with Gasteiger partial charge in [0.25, 0.3) is 0 Å². The lowest BCUT2D eigenvalue weighted by Crippen LogP contribution is -2.44. The van der Waals surface area contributed by atoms with Crippen LogP contribution in [0, 0.1) is 11.3 Å². The molecule has 240 valence electrons. The van der Waals surface area contributed by atoms with E-state index in [1.54, 1.807) is 48.5 Å². The molecule has 1 saturated heterocycles. The summed E-state index contributed by atoms with van der Waals surface area (Å²) in [5, 5.41) is 38.0. The summed E-state index contributed by atoms with van der Waals surface area (Å²) in [5.74, 6) is -2.15. The second-order valence-corrected chi connectivity index (χ2v) is 12.0. The SMILES string of the molecule is CC(N[P@](=O)(OC[C@H]1O[C@@](C#N)(c2ccc3c(N)ncnn23)[C@H](O)[C@@H]1OC(=O)C(N)c1ccccc1)Oc1ccccc1)C(=O)O. The van der Waals surface area contributed by atoms with Gasteiger partial charge < -0.3 is 35.7 Å². The molecular formula is C29H30N7O9P. The number of aromatic nitrogens is 3. The highest BCUT2D eigenvalue weighted by Gasteiger charge is 2.60. The molecule has 0 spiro atoms. The van der Waals surface area contributed by atoms with Crippen molar-refractivity contribution < 1.29 is 42.9 Å². The molecule has 5 rings (SSSR count). The highest BCUT2D eigenvalue weighted by atomic mass is 31.2. The predicted molar refractivity (Wildman–Crippen MR) is 160 cm³/mol. The monoisotopic (exact) mass is 651 g/mol. The quantitative estimate of drug-likeness (QED) is 0.108. The topological polar surface area (TPSA) is 247 Å². The van der Waals surface area contributed by atoms with E-state index in [4.69, 9.17) is 30.0 Å². The summed E-state index contributed by atoms with van der Waals surface area (Å²) in [6.45, 7) is 0.507. The van der Waals surface area contributed by atoms with E-state index in [1.807, 2.05) is 6.07 Å². The Labute approximate surface area is 262 Å². The van der Waals surface area contributed by atoms with Gasteiger partial charge >= 0.3 is 19.7 Å². The maximum Gasteiger partial charge on any atom is 0.459 e. The molecule has 0 saturated carbocycles. The van der Waals surface area contributed by atoms with Gasteiger partial charge in [-0.15, -0.1) is 0 Å². The number of aliphatic hydroxyl groups is 1. The first-order valence-corrected chi connectivity index (χ1v) is 15.4. The molecule has 17 heteroatoms. The molecule has 0 bridgehead atoms. The lowest BCUT2D eigenvalue weighted by atomic mass is 9.92. The highest BCUT2D eigenvalue weighted by Crippen LogP contribution is 2.48. The number of ether oxygens (including phenoxy) is 2. The molecule has 1 aliphatic heterocycles. The number of nitrogen functional groups attached to an aromatic ring is 1. The Balaban J connectivity index is 1.50. The molecule has 4 aromatic rings. The van der Waals surface area contributed by atoms with Crippen LogP contribution < -0.4 is 21.1 Å². The Morgan fingerprint density at radius 2 is 1.85 bits per heavy atom. The Bertz CT molecular complexity index is 1800. The standard InChI is InChI=1S/C29H30N7O9P/c1-17(27(38)39)35-46(41,45-19-10-6-3-7-11-19)42-14-21-24(43-28(40)23(31)18-8-4-2-5-9-18)25(37)29(15-30,44-21)22-13-12-20-26(32)33-16-34-36(20)22/h2-13,16-17,21,23-25,37H,14,31H2,1H3,(H,35,41)(H,38,39)(H2,32,33,34)/t17?,21-,23?,24-,25-,29+,46+/m1/s1. The fourth-order valence-corrected chi connectivity index (χ4v) is 6.36. The van der Waals surface area contributed by atoms with Gasteiger partial charge in [0.15, 0.2) is 11.9 Å². The molecule has 2 unspecified atom stereocenters. The number of nitrogens with one attached hydrogen (secondary N) is 1. The van der Waals surface area contributed by atoms with Gasteiger partial charge in [0.2, 0.25) is 5.60 Å². The number of aliphatic carboxylic acids is 1. The lowest BCUT2D eigenvalue weighted by Gasteiger charge is -2.25. The van der Waals surface area contributed by atoms with Crippen molar-refractivity contribution in [3.05, 3.63) is 90.4 Å². The number of hydrogen-bond donors (Lipinski definition) is 5. The molecule has 1 aliphatic rings. The normalized spacial score (nSPS) is 23.6. The van der Waals surface area contributed by atoms with Crippen LogP contribution in [0.2, 0.25) is 0 Å². The largest absolute Gasteiger partial charge is 0.480 e. The van der Waals surface area contributed by atoms with E-state index in [1.165, 1.54) is 35.7 Å². The Hall–Kier alpha value is -4.88. The number of para-hydroxylation sites is 1. The molecule has 2 aromatic heterocycles. The van der Waals surface area contributed by atoms with Crippen LogP contribution in [0.4, 0.5) is 5.82 Å².